The van der Waals surface area contributed by atoms with E-state index < -0.39 is 0 Å². The van der Waals surface area contributed by atoms with Crippen LogP contribution in [0.5, 0.6) is 0 Å². The second-order valence-corrected chi connectivity index (χ2v) is 4.34. The first-order chi connectivity index (χ1) is 6.54. The molecule has 0 bridgehead atoms. The molecule has 0 spiro atoms. The number of aromatic nitrogens is 1. The minimum atomic E-state index is -0.301. The summed E-state index contributed by atoms with van der Waals surface area (Å²) in [6.07, 6.45) is 0. The third kappa shape index (κ3) is 2.52. The Bertz CT molecular complexity index is 334. The summed E-state index contributed by atoms with van der Waals surface area (Å²) in [5, 5.41) is 0.938. The van der Waals surface area contributed by atoms with E-state index in [-0.39, 0.29) is 5.97 Å². The summed E-state index contributed by atoms with van der Waals surface area (Å²) < 4.78 is 4.65. The Hall–Kier alpha value is -0.940. The number of ether oxygens (including phenoxy) is 1. The van der Waals surface area contributed by atoms with E-state index in [0.717, 1.165) is 17.2 Å². The first-order valence-electron chi connectivity index (χ1n) is 4.24. The zero-order valence-electron chi connectivity index (χ0n) is 8.83. The molecule has 1 heterocycles. The average Bonchev–Trinajstić information content (AvgIpc) is 2.44. The summed E-state index contributed by atoms with van der Waals surface area (Å²) >= 11 is 1.39. The van der Waals surface area contributed by atoms with E-state index >= 15 is 0 Å². The zero-order valence-corrected chi connectivity index (χ0v) is 9.64. The van der Waals surface area contributed by atoms with Gasteiger partial charge in [0, 0.05) is 6.54 Å². The number of aryl methyl sites for hydroxylation is 1. The topological polar surface area (TPSA) is 42.4 Å². The molecule has 0 radical (unpaired) electrons. The standard InChI is InChI=1S/C9H14N2O2S/c1-6-8(9(12)13-4)14-7(10-6)5-11(2)3/h5H2,1-4H3. The van der Waals surface area contributed by atoms with Crippen molar-refractivity contribution < 1.29 is 9.53 Å². The smallest absolute Gasteiger partial charge is 0.349 e. The van der Waals surface area contributed by atoms with Gasteiger partial charge in [0.25, 0.3) is 0 Å². The molecule has 0 saturated heterocycles. The summed E-state index contributed by atoms with van der Waals surface area (Å²) in [6.45, 7) is 2.57. The fourth-order valence-electron chi connectivity index (χ4n) is 1.07. The molecule has 0 aliphatic rings. The van der Waals surface area contributed by atoms with Crippen LogP contribution < -0.4 is 0 Å². The van der Waals surface area contributed by atoms with E-state index in [0.29, 0.717) is 4.88 Å². The van der Waals surface area contributed by atoms with Crippen molar-refractivity contribution in [2.75, 3.05) is 21.2 Å². The largest absolute Gasteiger partial charge is 0.465 e. The number of hydrogen-bond acceptors (Lipinski definition) is 5. The van der Waals surface area contributed by atoms with Crippen molar-refractivity contribution in [1.29, 1.82) is 0 Å². The van der Waals surface area contributed by atoms with Crippen molar-refractivity contribution in [3.8, 4) is 0 Å². The van der Waals surface area contributed by atoms with Crippen LogP contribution in [-0.4, -0.2) is 37.1 Å². The maximum Gasteiger partial charge on any atom is 0.349 e. The molecule has 0 aliphatic carbocycles. The fraction of sp³-hybridized carbons (Fsp3) is 0.556. The number of carbonyl (C=O) groups is 1. The van der Waals surface area contributed by atoms with Gasteiger partial charge in [-0.1, -0.05) is 0 Å². The van der Waals surface area contributed by atoms with E-state index in [1.54, 1.807) is 0 Å². The van der Waals surface area contributed by atoms with E-state index in [2.05, 4.69) is 9.72 Å². The minimum absolute atomic E-state index is 0.301. The van der Waals surface area contributed by atoms with E-state index in [9.17, 15) is 4.79 Å². The van der Waals surface area contributed by atoms with Gasteiger partial charge in [-0.3, -0.25) is 0 Å². The van der Waals surface area contributed by atoms with Crippen molar-refractivity contribution in [2.45, 2.75) is 13.5 Å². The lowest BCUT2D eigenvalue weighted by molar-refractivity contribution is 0.0605. The van der Waals surface area contributed by atoms with Gasteiger partial charge in [0.15, 0.2) is 0 Å². The molecule has 0 atom stereocenters. The molecule has 0 unspecified atom stereocenters. The molecule has 0 aliphatic heterocycles. The summed E-state index contributed by atoms with van der Waals surface area (Å²) in [5.41, 5.74) is 0.749. The fourth-order valence-corrected chi connectivity index (χ4v) is 2.17. The Morgan fingerprint density at radius 2 is 2.21 bits per heavy atom. The molecule has 78 valence electrons. The highest BCUT2D eigenvalue weighted by molar-refractivity contribution is 7.13. The third-order valence-corrected chi connectivity index (χ3v) is 2.79. The molecule has 5 heteroatoms. The van der Waals surface area contributed by atoms with Crippen LogP contribution in [0.1, 0.15) is 20.4 Å². The molecule has 0 saturated carbocycles. The van der Waals surface area contributed by atoms with Crippen LogP contribution >= 0.6 is 11.3 Å². The number of esters is 1. The van der Waals surface area contributed by atoms with Gasteiger partial charge in [-0.25, -0.2) is 9.78 Å². The number of nitrogens with zero attached hydrogens (tertiary/aromatic N) is 2. The maximum atomic E-state index is 11.3. The number of rotatable bonds is 3. The van der Waals surface area contributed by atoms with Crippen LogP contribution in [0.4, 0.5) is 0 Å². The van der Waals surface area contributed by atoms with Gasteiger partial charge in [0.1, 0.15) is 9.88 Å². The van der Waals surface area contributed by atoms with Crippen LogP contribution in [-0.2, 0) is 11.3 Å². The van der Waals surface area contributed by atoms with Crippen LogP contribution in [0.15, 0.2) is 0 Å². The first kappa shape index (κ1) is 11.1. The highest BCUT2D eigenvalue weighted by Gasteiger charge is 2.15. The van der Waals surface area contributed by atoms with Crippen LogP contribution in [0.3, 0.4) is 0 Å². The number of methoxy groups -OCH3 is 1. The van der Waals surface area contributed by atoms with Crippen molar-refractivity contribution in [1.82, 2.24) is 9.88 Å². The molecule has 4 nitrogen and oxygen atoms in total. The molecule has 0 N–H and O–H groups in total. The number of carbonyl (C=O) groups excluding carboxylic acids is 1. The Morgan fingerprint density at radius 1 is 1.57 bits per heavy atom. The lowest BCUT2D eigenvalue weighted by Gasteiger charge is -2.04. The Kier molecular flexibility index (Phi) is 3.60. The number of hydrogen-bond donors (Lipinski definition) is 0. The third-order valence-electron chi connectivity index (χ3n) is 1.66. The molecular formula is C9H14N2O2S. The highest BCUT2D eigenvalue weighted by Crippen LogP contribution is 2.19. The summed E-state index contributed by atoms with van der Waals surface area (Å²) in [5.74, 6) is -0.301. The van der Waals surface area contributed by atoms with Gasteiger partial charge >= 0.3 is 5.97 Å². The van der Waals surface area contributed by atoms with Gasteiger partial charge in [0.2, 0.25) is 0 Å². The molecule has 1 aromatic rings. The summed E-state index contributed by atoms with van der Waals surface area (Å²) in [6, 6.07) is 0. The molecular weight excluding hydrogens is 200 g/mol. The Labute approximate surface area is 87.5 Å². The van der Waals surface area contributed by atoms with Gasteiger partial charge < -0.3 is 9.64 Å². The average molecular weight is 214 g/mol. The SMILES string of the molecule is COC(=O)c1sc(CN(C)C)nc1C. The van der Waals surface area contributed by atoms with Gasteiger partial charge in [-0.2, -0.15) is 0 Å². The first-order valence-corrected chi connectivity index (χ1v) is 5.05. The molecule has 0 aromatic carbocycles. The monoisotopic (exact) mass is 214 g/mol. The molecule has 1 rings (SSSR count). The molecule has 1 aromatic heterocycles. The van der Waals surface area contributed by atoms with E-state index in [1.165, 1.54) is 18.4 Å². The predicted molar refractivity (Wildman–Crippen MR) is 55.6 cm³/mol. The Balaban J connectivity index is 2.87. The lowest BCUT2D eigenvalue weighted by Crippen LogP contribution is -2.10. The van der Waals surface area contributed by atoms with Crippen LogP contribution in [0.25, 0.3) is 0 Å². The van der Waals surface area contributed by atoms with Crippen LogP contribution in [0, 0.1) is 6.92 Å². The van der Waals surface area contributed by atoms with E-state index in [1.807, 2.05) is 25.9 Å². The van der Waals surface area contributed by atoms with Crippen molar-refractivity contribution in [3.63, 3.8) is 0 Å². The second kappa shape index (κ2) is 4.52. The van der Waals surface area contributed by atoms with Crippen molar-refractivity contribution >= 4 is 17.3 Å². The van der Waals surface area contributed by atoms with Crippen LogP contribution in [0.2, 0.25) is 0 Å². The second-order valence-electron chi connectivity index (χ2n) is 3.25. The summed E-state index contributed by atoms with van der Waals surface area (Å²) in [4.78, 5) is 18.2. The highest BCUT2D eigenvalue weighted by atomic mass is 32.1. The molecule has 0 amide bonds. The predicted octanol–water partition coefficient (Wildman–Crippen LogP) is 1.30. The molecule has 14 heavy (non-hydrogen) atoms. The maximum absolute atomic E-state index is 11.3. The van der Waals surface area contributed by atoms with Crippen molar-refractivity contribution in [2.24, 2.45) is 0 Å². The minimum Gasteiger partial charge on any atom is -0.465 e. The summed E-state index contributed by atoms with van der Waals surface area (Å²) in [7, 11) is 5.32. The van der Waals surface area contributed by atoms with Gasteiger partial charge in [-0.15, -0.1) is 11.3 Å². The van der Waals surface area contributed by atoms with Crippen molar-refractivity contribution in [3.05, 3.63) is 15.6 Å². The quantitative estimate of drug-likeness (QED) is 0.711. The normalized spacial score (nSPS) is 10.6. The van der Waals surface area contributed by atoms with Gasteiger partial charge in [0.05, 0.1) is 12.8 Å². The number of thiazole rings is 1. The zero-order chi connectivity index (χ0) is 10.7. The molecule has 0 fully saturated rings. The van der Waals surface area contributed by atoms with Gasteiger partial charge in [-0.05, 0) is 21.0 Å². The van der Waals surface area contributed by atoms with E-state index in [4.69, 9.17) is 0 Å². The Morgan fingerprint density at radius 3 is 2.71 bits per heavy atom. The lowest BCUT2D eigenvalue weighted by atomic mass is 10.4.